The van der Waals surface area contributed by atoms with Gasteiger partial charge in [-0.25, -0.2) is 0 Å². The number of ketones is 1. The van der Waals surface area contributed by atoms with E-state index in [1.54, 1.807) is 0 Å². The molecule has 0 bridgehead atoms. The first-order chi connectivity index (χ1) is 13.4. The predicted molar refractivity (Wildman–Crippen MR) is 96.3 cm³/mol. The Balaban J connectivity index is 2.59. The molecule has 1 amide bonds. The van der Waals surface area contributed by atoms with Crippen molar-refractivity contribution in [3.63, 3.8) is 0 Å². The van der Waals surface area contributed by atoms with Crippen LogP contribution in [-0.2, 0) is 14.8 Å². The third-order valence-corrected chi connectivity index (χ3v) is 5.13. The Labute approximate surface area is 168 Å². The third kappa shape index (κ3) is 4.82. The first-order valence-corrected chi connectivity index (χ1v) is 9.66. The number of hydrogen-bond acceptors (Lipinski definition) is 7. The number of hydrogen-bond donors (Lipinski definition) is 0. The van der Waals surface area contributed by atoms with Crippen molar-refractivity contribution in [3.8, 4) is 11.6 Å². The van der Waals surface area contributed by atoms with Crippen LogP contribution in [-0.4, -0.2) is 35.8 Å². The minimum Gasteiger partial charge on any atom is -0.437 e. The second-order valence-corrected chi connectivity index (χ2v) is 7.66. The Morgan fingerprint density at radius 3 is 2.31 bits per heavy atom. The molecule has 29 heavy (non-hydrogen) atoms. The van der Waals surface area contributed by atoms with Gasteiger partial charge in [-0.05, 0) is 31.2 Å². The number of amides is 1. The van der Waals surface area contributed by atoms with Crippen LogP contribution in [0.2, 0.25) is 5.15 Å². The van der Waals surface area contributed by atoms with Crippen LogP contribution in [0.3, 0.4) is 0 Å². The van der Waals surface area contributed by atoms with E-state index >= 15 is 0 Å². The maximum atomic E-state index is 13.1. The molecular weight excluding hydrogens is 439 g/mol. The topological polar surface area (TPSA) is 107 Å². The molecule has 0 unspecified atom stereocenters. The summed E-state index contributed by atoms with van der Waals surface area (Å²) in [6, 6.07) is 5.65. The number of carbonyl (C=O) groups excluding carboxylic acids is 2. The summed E-state index contributed by atoms with van der Waals surface area (Å²) in [6.45, 7) is 2.19. The fraction of sp³-hybridized carbons (Fsp3) is 0.250. The van der Waals surface area contributed by atoms with Gasteiger partial charge < -0.3 is 4.74 Å². The molecule has 0 atom stereocenters. The number of alkyl halides is 3. The molecule has 2 rings (SSSR count). The minimum absolute atomic E-state index is 0.0407. The average Bonchev–Trinajstić information content (AvgIpc) is 2.63. The van der Waals surface area contributed by atoms with Crippen molar-refractivity contribution in [2.45, 2.75) is 25.8 Å². The number of carbonyl (C=O) groups is 2. The lowest BCUT2D eigenvalue weighted by Gasteiger charge is -2.25. The number of aromatic nitrogens is 2. The monoisotopic (exact) mass is 451 g/mol. The SMILES string of the molecule is CCC(=O)N(c1ccc(Oc2ccc(Cl)nn2)cc1C(C)=O)S(=O)(=O)C(F)(F)F. The molecule has 8 nitrogen and oxygen atoms in total. The molecule has 1 aromatic carbocycles. The zero-order chi connectivity index (χ0) is 22.0. The van der Waals surface area contributed by atoms with Crippen LogP contribution in [0.1, 0.15) is 30.6 Å². The molecule has 0 radical (unpaired) electrons. The predicted octanol–water partition coefficient (Wildman–Crippen LogP) is 3.72. The maximum Gasteiger partial charge on any atom is 0.517 e. The van der Waals surface area contributed by atoms with Crippen molar-refractivity contribution < 1.29 is 35.9 Å². The van der Waals surface area contributed by atoms with E-state index in [0.29, 0.717) is 0 Å². The third-order valence-electron chi connectivity index (χ3n) is 3.46. The number of rotatable bonds is 6. The van der Waals surface area contributed by atoms with Gasteiger partial charge in [0.25, 0.3) is 0 Å². The number of benzene rings is 1. The van der Waals surface area contributed by atoms with E-state index in [2.05, 4.69) is 10.2 Å². The standard InChI is InChI=1S/C16H13ClF3N3O5S/c1-3-15(25)23(29(26,27)16(18,19)20)12-5-4-10(8-11(12)9(2)24)28-14-7-6-13(17)21-22-14/h4-8H,3H2,1-2H3. The van der Waals surface area contributed by atoms with Gasteiger partial charge in [0.2, 0.25) is 11.8 Å². The summed E-state index contributed by atoms with van der Waals surface area (Å²) in [7, 11) is -6.08. The first-order valence-electron chi connectivity index (χ1n) is 7.85. The van der Waals surface area contributed by atoms with Gasteiger partial charge in [0.1, 0.15) is 5.75 Å². The van der Waals surface area contributed by atoms with Crippen molar-refractivity contribution in [1.29, 1.82) is 0 Å². The highest BCUT2D eigenvalue weighted by Gasteiger charge is 2.52. The Morgan fingerprint density at radius 1 is 1.17 bits per heavy atom. The van der Waals surface area contributed by atoms with Gasteiger partial charge in [0.05, 0.1) is 5.69 Å². The molecule has 0 aliphatic heterocycles. The maximum absolute atomic E-state index is 13.1. The molecule has 0 N–H and O–H groups in total. The van der Waals surface area contributed by atoms with Crippen LogP contribution in [0.4, 0.5) is 18.9 Å². The Kier molecular flexibility index (Phi) is 6.48. The molecule has 0 saturated carbocycles. The van der Waals surface area contributed by atoms with E-state index in [1.165, 1.54) is 19.1 Å². The van der Waals surface area contributed by atoms with Crippen molar-refractivity contribution in [3.05, 3.63) is 41.0 Å². The largest absolute Gasteiger partial charge is 0.517 e. The fourth-order valence-electron chi connectivity index (χ4n) is 2.16. The highest BCUT2D eigenvalue weighted by Crippen LogP contribution is 2.35. The molecule has 0 saturated heterocycles. The fourth-order valence-corrected chi connectivity index (χ4v) is 3.28. The van der Waals surface area contributed by atoms with Crippen molar-refractivity contribution in [2.75, 3.05) is 4.31 Å². The quantitative estimate of drug-likeness (QED) is 0.616. The molecule has 1 heterocycles. The van der Waals surface area contributed by atoms with E-state index in [1.807, 2.05) is 0 Å². The van der Waals surface area contributed by atoms with E-state index in [4.69, 9.17) is 16.3 Å². The van der Waals surface area contributed by atoms with Crippen molar-refractivity contribution in [2.24, 2.45) is 0 Å². The Hall–Kier alpha value is -2.73. The van der Waals surface area contributed by atoms with Gasteiger partial charge in [-0.1, -0.05) is 18.5 Å². The van der Waals surface area contributed by atoms with Crippen LogP contribution in [0.25, 0.3) is 0 Å². The zero-order valence-electron chi connectivity index (χ0n) is 14.9. The number of anilines is 1. The second kappa shape index (κ2) is 8.33. The lowest BCUT2D eigenvalue weighted by atomic mass is 10.1. The molecule has 0 spiro atoms. The van der Waals surface area contributed by atoms with E-state index in [-0.39, 0.29) is 16.8 Å². The smallest absolute Gasteiger partial charge is 0.437 e. The summed E-state index contributed by atoms with van der Waals surface area (Å²) in [5, 5.41) is 7.25. The van der Waals surface area contributed by atoms with Crippen LogP contribution in [0.15, 0.2) is 30.3 Å². The average molecular weight is 452 g/mol. The summed E-state index contributed by atoms with van der Waals surface area (Å²) in [5.41, 5.74) is -6.96. The summed E-state index contributed by atoms with van der Waals surface area (Å²) in [6.07, 6.45) is -0.550. The molecule has 0 aliphatic rings. The van der Waals surface area contributed by atoms with Crippen molar-refractivity contribution >= 4 is 39.0 Å². The number of sulfonamides is 1. The molecule has 0 aliphatic carbocycles. The molecule has 156 valence electrons. The number of ether oxygens (including phenoxy) is 1. The number of Topliss-reactive ketones (excluding diaryl/α,β-unsaturated/α-hetero) is 1. The van der Waals surface area contributed by atoms with E-state index in [9.17, 15) is 31.2 Å². The number of nitrogens with zero attached hydrogens (tertiary/aromatic N) is 3. The normalized spacial score (nSPS) is 11.8. The molecule has 0 fully saturated rings. The molecule has 2 aromatic rings. The van der Waals surface area contributed by atoms with Gasteiger partial charge in [-0.2, -0.15) is 25.9 Å². The van der Waals surface area contributed by atoms with E-state index in [0.717, 1.165) is 25.1 Å². The Bertz CT molecular complexity index is 1040. The van der Waals surface area contributed by atoms with Gasteiger partial charge in [0, 0.05) is 18.1 Å². The van der Waals surface area contributed by atoms with Gasteiger partial charge in [-0.3, -0.25) is 9.59 Å². The second-order valence-electron chi connectivity index (χ2n) is 5.49. The van der Waals surface area contributed by atoms with Crippen LogP contribution < -0.4 is 9.04 Å². The summed E-state index contributed by atoms with van der Waals surface area (Å²) in [5.74, 6) is -2.24. The zero-order valence-corrected chi connectivity index (χ0v) is 16.5. The summed E-state index contributed by atoms with van der Waals surface area (Å²) in [4.78, 5) is 24.1. The highest BCUT2D eigenvalue weighted by molar-refractivity contribution is 7.94. The minimum atomic E-state index is -6.08. The van der Waals surface area contributed by atoms with E-state index < -0.39 is 49.2 Å². The highest BCUT2D eigenvalue weighted by atomic mass is 35.5. The summed E-state index contributed by atoms with van der Waals surface area (Å²) < 4.78 is 68.0. The van der Waals surface area contributed by atoms with Crippen molar-refractivity contribution in [1.82, 2.24) is 10.2 Å². The first kappa shape index (κ1) is 22.6. The Morgan fingerprint density at radius 2 is 1.83 bits per heavy atom. The number of halogens is 4. The van der Waals surface area contributed by atoms with Gasteiger partial charge >= 0.3 is 15.5 Å². The van der Waals surface area contributed by atoms with Crippen LogP contribution in [0, 0.1) is 0 Å². The summed E-state index contributed by atoms with van der Waals surface area (Å²) >= 11 is 5.60. The molecule has 1 aromatic heterocycles. The van der Waals surface area contributed by atoms with Crippen LogP contribution in [0.5, 0.6) is 11.6 Å². The lowest BCUT2D eigenvalue weighted by Crippen LogP contribution is -2.45. The van der Waals surface area contributed by atoms with Gasteiger partial charge in [0.15, 0.2) is 10.9 Å². The molecular formula is C16H13ClF3N3O5S. The van der Waals surface area contributed by atoms with Crippen LogP contribution >= 0.6 is 11.6 Å². The molecule has 13 heteroatoms. The van der Waals surface area contributed by atoms with Gasteiger partial charge in [-0.15, -0.1) is 10.2 Å². The lowest BCUT2D eigenvalue weighted by molar-refractivity contribution is -0.117.